The number of benzene rings is 4. The van der Waals surface area contributed by atoms with Crippen LogP contribution in [0.2, 0.25) is 0 Å². The van der Waals surface area contributed by atoms with E-state index in [1.54, 1.807) is 28.3 Å². The van der Waals surface area contributed by atoms with Gasteiger partial charge in [0.15, 0.2) is 0 Å². The van der Waals surface area contributed by atoms with Gasteiger partial charge in [-0.3, -0.25) is 9.97 Å². The Kier molecular flexibility index (Phi) is 11.8. The number of hydrogen-bond acceptors (Lipinski definition) is 8. The van der Waals surface area contributed by atoms with Crippen LogP contribution in [0.25, 0.3) is 22.3 Å². The lowest BCUT2D eigenvalue weighted by atomic mass is 10.0. The Morgan fingerprint density at radius 3 is 1.90 bits per heavy atom. The van der Waals surface area contributed by atoms with Crippen molar-refractivity contribution < 1.29 is 19.1 Å². The van der Waals surface area contributed by atoms with Crippen molar-refractivity contribution in [3.8, 4) is 22.3 Å². The van der Waals surface area contributed by atoms with E-state index in [4.69, 9.17) is 9.47 Å². The van der Waals surface area contributed by atoms with Gasteiger partial charge in [0.1, 0.15) is 12.7 Å². The molecule has 49 heavy (non-hydrogen) atoms. The average molecular weight is 689 g/mol. The van der Waals surface area contributed by atoms with Gasteiger partial charge in [-0.05, 0) is 39.8 Å². The molecule has 1 atom stereocenters. The van der Waals surface area contributed by atoms with E-state index >= 15 is 0 Å². The average Bonchev–Trinajstić information content (AvgIpc) is 3.89. The fourth-order valence-electron chi connectivity index (χ4n) is 5.31. The monoisotopic (exact) mass is 688 g/mol. The summed E-state index contributed by atoms with van der Waals surface area (Å²) in [6, 6.07) is 36.9. The molecule has 2 amide bonds. The van der Waals surface area contributed by atoms with Gasteiger partial charge in [0, 0.05) is 38.4 Å². The molecule has 0 aliphatic rings. The fourth-order valence-corrected chi connectivity index (χ4v) is 6.46. The Morgan fingerprint density at radius 1 is 0.714 bits per heavy atom. The van der Waals surface area contributed by atoms with Crippen LogP contribution in [-0.4, -0.2) is 40.1 Å². The van der Waals surface area contributed by atoms with E-state index in [0.29, 0.717) is 32.5 Å². The van der Waals surface area contributed by atoms with Gasteiger partial charge in [-0.1, -0.05) is 109 Å². The molecule has 0 saturated carbocycles. The van der Waals surface area contributed by atoms with E-state index in [2.05, 4.69) is 75.9 Å². The molecular weight excluding hydrogens is 653 g/mol. The second-order valence-electron chi connectivity index (χ2n) is 11.4. The molecule has 8 nitrogen and oxygen atoms in total. The largest absolute Gasteiger partial charge is 0.444 e. The zero-order valence-corrected chi connectivity index (χ0v) is 28.4. The maximum atomic E-state index is 13.9. The lowest BCUT2D eigenvalue weighted by Crippen LogP contribution is -2.35. The summed E-state index contributed by atoms with van der Waals surface area (Å²) in [4.78, 5) is 37.8. The molecular formula is C39H36N4O4S2. The molecule has 2 heterocycles. The Bertz CT molecular complexity index is 1870. The van der Waals surface area contributed by atoms with Gasteiger partial charge in [-0.2, -0.15) is 0 Å². The first-order valence-electron chi connectivity index (χ1n) is 16.0. The van der Waals surface area contributed by atoms with Crippen molar-refractivity contribution in [3.63, 3.8) is 0 Å². The fraction of sp³-hybridized carbons (Fsp3) is 0.179. The van der Waals surface area contributed by atoms with Crippen LogP contribution >= 0.6 is 22.7 Å². The highest BCUT2D eigenvalue weighted by atomic mass is 32.1. The van der Waals surface area contributed by atoms with Crippen molar-refractivity contribution >= 4 is 34.9 Å². The Hall–Kier alpha value is -5.32. The summed E-state index contributed by atoms with van der Waals surface area (Å²) in [5.74, 6) is 0. The number of thiazole rings is 2. The third kappa shape index (κ3) is 9.85. The quantitative estimate of drug-likeness (QED) is 0.115. The van der Waals surface area contributed by atoms with E-state index in [-0.39, 0.29) is 6.61 Å². The topological polar surface area (TPSA) is 93.7 Å². The zero-order valence-electron chi connectivity index (χ0n) is 26.8. The first-order valence-corrected chi connectivity index (χ1v) is 17.8. The number of alkyl carbamates (subject to hydrolysis) is 1. The van der Waals surface area contributed by atoms with Crippen molar-refractivity contribution in [1.29, 1.82) is 0 Å². The summed E-state index contributed by atoms with van der Waals surface area (Å²) in [5, 5.41) is 2.78. The van der Waals surface area contributed by atoms with Crippen LogP contribution in [0.4, 0.5) is 9.59 Å². The summed E-state index contributed by atoms with van der Waals surface area (Å²) < 4.78 is 11.5. The molecule has 0 saturated heterocycles. The number of hydrogen-bond donors (Lipinski definition) is 1. The van der Waals surface area contributed by atoms with Crippen LogP contribution < -0.4 is 5.32 Å². The summed E-state index contributed by atoms with van der Waals surface area (Å²) in [5.41, 5.74) is 9.97. The molecule has 4 aromatic carbocycles. The van der Waals surface area contributed by atoms with Crippen molar-refractivity contribution in [2.75, 3.05) is 13.1 Å². The van der Waals surface area contributed by atoms with Gasteiger partial charge in [0.2, 0.25) is 0 Å². The lowest BCUT2D eigenvalue weighted by molar-refractivity contribution is 0.0610. The van der Waals surface area contributed by atoms with E-state index in [1.807, 2.05) is 48.5 Å². The molecule has 0 fully saturated rings. The molecule has 2 aromatic heterocycles. The molecule has 0 aliphatic carbocycles. The number of nitrogens with one attached hydrogen (secondary N) is 1. The Morgan fingerprint density at radius 2 is 1.31 bits per heavy atom. The van der Waals surface area contributed by atoms with Crippen LogP contribution in [-0.2, 0) is 29.0 Å². The highest BCUT2D eigenvalue weighted by molar-refractivity contribution is 7.09. The van der Waals surface area contributed by atoms with Gasteiger partial charge in [0.05, 0.1) is 20.8 Å². The third-order valence-electron chi connectivity index (χ3n) is 7.89. The number of carbonyl (C=O) groups excluding carboxylic acids is 2. The number of amides is 2. The van der Waals surface area contributed by atoms with Gasteiger partial charge in [-0.25, -0.2) is 9.59 Å². The van der Waals surface area contributed by atoms with Gasteiger partial charge >= 0.3 is 12.2 Å². The summed E-state index contributed by atoms with van der Waals surface area (Å²) in [6.45, 7) is 1.23. The van der Waals surface area contributed by atoms with Crippen molar-refractivity contribution in [1.82, 2.24) is 20.2 Å². The molecule has 10 heteroatoms. The normalized spacial score (nSPS) is 11.4. The molecule has 248 valence electrons. The Balaban J connectivity index is 1.12. The van der Waals surface area contributed by atoms with Crippen LogP contribution in [0.3, 0.4) is 0 Å². The van der Waals surface area contributed by atoms with Crippen molar-refractivity contribution in [2.24, 2.45) is 0 Å². The number of aromatic nitrogens is 2. The summed E-state index contributed by atoms with van der Waals surface area (Å²) in [6.07, 6.45) is 3.00. The highest BCUT2D eigenvalue weighted by Crippen LogP contribution is 2.28. The van der Waals surface area contributed by atoms with Crippen LogP contribution in [0.1, 0.15) is 33.4 Å². The number of nitrogens with zero attached hydrogens (tertiary/aromatic N) is 3. The molecule has 1 N–H and O–H groups in total. The molecule has 0 radical (unpaired) electrons. The smallest absolute Gasteiger partial charge is 0.410 e. The highest BCUT2D eigenvalue weighted by Gasteiger charge is 2.24. The SMILES string of the molecule is O=C(NCCCN(Cc1ccc(-c2ccccc2)cc1)C(=O)OC(Cc1ccc(-c2ccccc2)cc1)c1cncs1)OCc1cncs1. The lowest BCUT2D eigenvalue weighted by Gasteiger charge is -2.26. The number of rotatable bonds is 14. The van der Waals surface area contributed by atoms with Gasteiger partial charge < -0.3 is 19.7 Å². The maximum Gasteiger partial charge on any atom is 0.410 e. The van der Waals surface area contributed by atoms with Crippen LogP contribution in [0, 0.1) is 0 Å². The molecule has 0 bridgehead atoms. The standard InChI is InChI=1S/C39H36N4O4S2/c44-38(46-26-35-23-40-27-48-35)42-20-7-21-43(25-30-14-18-34(19-15-30)32-10-5-2-6-11-32)39(45)47-36(37-24-41-28-49-37)22-29-12-16-33(17-13-29)31-8-3-1-4-9-31/h1-6,8-19,23-24,27-28,36H,7,20-22,25-26H2,(H,42,44). The molecule has 6 rings (SSSR count). The summed E-state index contributed by atoms with van der Waals surface area (Å²) >= 11 is 2.89. The maximum absolute atomic E-state index is 13.9. The van der Waals surface area contributed by atoms with Crippen LogP contribution in [0.15, 0.2) is 133 Å². The molecule has 1 unspecified atom stereocenters. The van der Waals surface area contributed by atoms with E-state index in [0.717, 1.165) is 43.1 Å². The predicted molar refractivity (Wildman–Crippen MR) is 194 cm³/mol. The number of ether oxygens (including phenoxy) is 2. The zero-order chi connectivity index (χ0) is 33.7. The van der Waals surface area contributed by atoms with Crippen molar-refractivity contribution in [3.05, 3.63) is 153 Å². The van der Waals surface area contributed by atoms with E-state index < -0.39 is 18.3 Å². The van der Waals surface area contributed by atoms with Gasteiger partial charge in [-0.15, -0.1) is 22.7 Å². The van der Waals surface area contributed by atoms with E-state index in [1.165, 1.54) is 22.7 Å². The number of carbonyl (C=O) groups is 2. The minimum atomic E-state index is -0.512. The second-order valence-corrected chi connectivity index (χ2v) is 13.2. The van der Waals surface area contributed by atoms with Crippen molar-refractivity contribution in [2.45, 2.75) is 32.1 Å². The van der Waals surface area contributed by atoms with Crippen LogP contribution in [0.5, 0.6) is 0 Å². The molecule has 0 aliphatic heterocycles. The minimum absolute atomic E-state index is 0.169. The second kappa shape index (κ2) is 17.2. The molecule has 6 aromatic rings. The third-order valence-corrected chi connectivity index (χ3v) is 9.51. The first kappa shape index (κ1) is 33.6. The summed E-state index contributed by atoms with van der Waals surface area (Å²) in [7, 11) is 0. The van der Waals surface area contributed by atoms with Gasteiger partial charge in [0.25, 0.3) is 0 Å². The molecule has 0 spiro atoms. The van der Waals surface area contributed by atoms with E-state index in [9.17, 15) is 9.59 Å². The first-order chi connectivity index (χ1) is 24.1. The minimum Gasteiger partial charge on any atom is -0.444 e. The Labute approximate surface area is 294 Å². The predicted octanol–water partition coefficient (Wildman–Crippen LogP) is 9.17.